The largest absolute Gasteiger partial charge is 0.480 e. The van der Waals surface area contributed by atoms with E-state index in [1.165, 1.54) is 6.92 Å². The van der Waals surface area contributed by atoms with E-state index in [4.69, 9.17) is 10.8 Å². The number of nitrogens with zero attached hydrogens (tertiary/aromatic N) is 2. The summed E-state index contributed by atoms with van der Waals surface area (Å²) in [6.45, 7) is 1.20. The van der Waals surface area contributed by atoms with Crippen LogP contribution in [0.4, 0.5) is 18.9 Å². The molecule has 0 amide bonds. The third-order valence-corrected chi connectivity index (χ3v) is 1.78. The predicted molar refractivity (Wildman–Crippen MR) is 51.2 cm³/mol. The molecule has 0 aliphatic carbocycles. The van der Waals surface area contributed by atoms with E-state index < -0.39 is 29.6 Å². The Balaban J connectivity index is 0.00000225. The lowest BCUT2D eigenvalue weighted by atomic mass is 10.3. The van der Waals surface area contributed by atoms with Crippen molar-refractivity contribution in [3.63, 3.8) is 0 Å². The molecule has 0 aliphatic heterocycles. The number of nitrogens with two attached hydrogens (primary N) is 1. The second kappa shape index (κ2) is 4.60. The van der Waals surface area contributed by atoms with E-state index in [-0.39, 0.29) is 12.4 Å². The second-order valence-corrected chi connectivity index (χ2v) is 2.93. The molecule has 92 valence electrons. The van der Waals surface area contributed by atoms with Gasteiger partial charge in [-0.2, -0.15) is 18.3 Å². The molecular formula is C7H9ClF3N3O2. The molecule has 1 heterocycles. The van der Waals surface area contributed by atoms with Gasteiger partial charge in [-0.05, 0) is 6.92 Å². The van der Waals surface area contributed by atoms with Crippen molar-refractivity contribution in [2.24, 2.45) is 0 Å². The molecule has 0 saturated carbocycles. The molecule has 1 aromatic rings. The maximum atomic E-state index is 12.2. The molecule has 16 heavy (non-hydrogen) atoms. The minimum atomic E-state index is -4.67. The number of rotatable bonds is 2. The molecule has 0 bridgehead atoms. The van der Waals surface area contributed by atoms with Crippen LogP contribution in [0.15, 0.2) is 6.20 Å². The molecule has 1 unspecified atom stereocenters. The maximum Gasteiger partial charge on any atom is 0.437 e. The van der Waals surface area contributed by atoms with Gasteiger partial charge >= 0.3 is 12.1 Å². The normalized spacial score (nSPS) is 13.0. The molecule has 0 aromatic carbocycles. The fourth-order valence-corrected chi connectivity index (χ4v) is 0.938. The number of anilines is 1. The molecule has 1 atom stereocenters. The molecule has 0 radical (unpaired) electrons. The smallest absolute Gasteiger partial charge is 0.437 e. The average molecular weight is 260 g/mol. The number of hydrogen-bond donors (Lipinski definition) is 2. The molecule has 9 heteroatoms. The Labute approximate surface area is 94.4 Å². The molecular weight excluding hydrogens is 251 g/mol. The van der Waals surface area contributed by atoms with Gasteiger partial charge in [-0.25, -0.2) is 4.79 Å². The summed E-state index contributed by atoms with van der Waals surface area (Å²) < 4.78 is 37.3. The van der Waals surface area contributed by atoms with E-state index in [1.54, 1.807) is 0 Å². The summed E-state index contributed by atoms with van der Waals surface area (Å²) in [6.07, 6.45) is -3.82. The molecule has 0 spiro atoms. The zero-order chi connectivity index (χ0) is 11.8. The highest BCUT2D eigenvalue weighted by molar-refractivity contribution is 5.85. The van der Waals surface area contributed by atoms with Crippen LogP contribution in [-0.4, -0.2) is 20.9 Å². The second-order valence-electron chi connectivity index (χ2n) is 2.93. The van der Waals surface area contributed by atoms with Gasteiger partial charge in [0.25, 0.3) is 0 Å². The summed E-state index contributed by atoms with van der Waals surface area (Å²) in [7, 11) is 0. The van der Waals surface area contributed by atoms with Crippen LogP contribution in [0.5, 0.6) is 0 Å². The van der Waals surface area contributed by atoms with Crippen molar-refractivity contribution >= 4 is 24.1 Å². The van der Waals surface area contributed by atoms with Crippen molar-refractivity contribution in [1.82, 2.24) is 9.78 Å². The first-order valence-electron chi connectivity index (χ1n) is 3.88. The lowest BCUT2D eigenvalue weighted by molar-refractivity contribution is -0.144. The van der Waals surface area contributed by atoms with E-state index in [2.05, 4.69) is 5.10 Å². The van der Waals surface area contributed by atoms with Crippen molar-refractivity contribution in [3.05, 3.63) is 11.9 Å². The monoisotopic (exact) mass is 259 g/mol. The average Bonchev–Trinajstić information content (AvgIpc) is 2.44. The number of aliphatic carboxylic acids is 1. The molecule has 1 aromatic heterocycles. The molecule has 0 fully saturated rings. The Kier molecular flexibility index (Phi) is 4.19. The third kappa shape index (κ3) is 2.78. The van der Waals surface area contributed by atoms with Gasteiger partial charge in [0.1, 0.15) is 6.04 Å². The maximum absolute atomic E-state index is 12.2. The SMILES string of the molecule is CC(C(=O)O)n1cc(N)c(C(F)(F)F)n1.Cl. The highest BCUT2D eigenvalue weighted by Crippen LogP contribution is 2.32. The van der Waals surface area contributed by atoms with E-state index in [1.807, 2.05) is 0 Å². The van der Waals surface area contributed by atoms with Crippen LogP contribution in [0.2, 0.25) is 0 Å². The van der Waals surface area contributed by atoms with E-state index in [9.17, 15) is 18.0 Å². The van der Waals surface area contributed by atoms with Crippen molar-refractivity contribution in [2.45, 2.75) is 19.1 Å². The number of halogens is 4. The topological polar surface area (TPSA) is 81.1 Å². The molecule has 0 aliphatic rings. The van der Waals surface area contributed by atoms with Gasteiger partial charge in [0, 0.05) is 6.20 Å². The summed E-state index contributed by atoms with van der Waals surface area (Å²) in [6, 6.07) is -1.19. The van der Waals surface area contributed by atoms with Crippen LogP contribution in [0.3, 0.4) is 0 Å². The van der Waals surface area contributed by atoms with Crippen LogP contribution in [0.1, 0.15) is 18.7 Å². The van der Waals surface area contributed by atoms with Crippen molar-refractivity contribution in [3.8, 4) is 0 Å². The van der Waals surface area contributed by atoms with E-state index in [0.717, 1.165) is 6.20 Å². The van der Waals surface area contributed by atoms with Gasteiger partial charge in [0.15, 0.2) is 5.69 Å². The van der Waals surface area contributed by atoms with Gasteiger partial charge in [-0.15, -0.1) is 12.4 Å². The van der Waals surface area contributed by atoms with Crippen LogP contribution in [0, 0.1) is 0 Å². The van der Waals surface area contributed by atoms with Crippen molar-refractivity contribution in [2.75, 3.05) is 5.73 Å². The fraction of sp³-hybridized carbons (Fsp3) is 0.429. The van der Waals surface area contributed by atoms with Gasteiger partial charge in [0.2, 0.25) is 0 Å². The molecule has 0 saturated heterocycles. The van der Waals surface area contributed by atoms with Gasteiger partial charge in [-0.1, -0.05) is 0 Å². The van der Waals surface area contributed by atoms with Crippen LogP contribution >= 0.6 is 12.4 Å². The number of nitrogen functional groups attached to an aromatic ring is 1. The van der Waals surface area contributed by atoms with Crippen LogP contribution < -0.4 is 5.73 Å². The lowest BCUT2D eigenvalue weighted by Gasteiger charge is -2.06. The number of hydrogen-bond acceptors (Lipinski definition) is 3. The Morgan fingerprint density at radius 3 is 2.44 bits per heavy atom. The minimum absolute atomic E-state index is 0. The molecule has 5 nitrogen and oxygen atoms in total. The summed E-state index contributed by atoms with van der Waals surface area (Å²) in [5.74, 6) is -1.29. The first kappa shape index (κ1) is 14.6. The third-order valence-electron chi connectivity index (χ3n) is 1.78. The Morgan fingerprint density at radius 2 is 2.12 bits per heavy atom. The van der Waals surface area contributed by atoms with E-state index >= 15 is 0 Å². The molecule has 1 rings (SSSR count). The minimum Gasteiger partial charge on any atom is -0.480 e. The summed E-state index contributed by atoms with van der Waals surface area (Å²) >= 11 is 0. The number of aromatic nitrogens is 2. The summed E-state index contributed by atoms with van der Waals surface area (Å²) in [4.78, 5) is 10.5. The Morgan fingerprint density at radius 1 is 1.62 bits per heavy atom. The standard InChI is InChI=1S/C7H8F3N3O2.ClH/c1-3(6(14)15)13-2-4(11)5(12-13)7(8,9)10;/h2-3H,11H2,1H3,(H,14,15);1H. The predicted octanol–water partition coefficient (Wildman–Crippen LogP) is 1.55. The van der Waals surface area contributed by atoms with Crippen molar-refractivity contribution < 1.29 is 23.1 Å². The van der Waals surface area contributed by atoms with Gasteiger partial charge in [0.05, 0.1) is 5.69 Å². The van der Waals surface area contributed by atoms with Crippen LogP contribution in [0.25, 0.3) is 0 Å². The van der Waals surface area contributed by atoms with Crippen LogP contribution in [-0.2, 0) is 11.0 Å². The lowest BCUT2D eigenvalue weighted by Crippen LogP contribution is -2.17. The summed E-state index contributed by atoms with van der Waals surface area (Å²) in [5, 5.41) is 11.6. The number of carbonyl (C=O) groups is 1. The zero-order valence-electron chi connectivity index (χ0n) is 8.02. The number of carboxylic acid groups (broad SMARTS) is 1. The number of alkyl halides is 3. The fourth-order valence-electron chi connectivity index (χ4n) is 0.938. The number of carboxylic acids is 1. The van der Waals surface area contributed by atoms with Gasteiger partial charge < -0.3 is 10.8 Å². The summed E-state index contributed by atoms with van der Waals surface area (Å²) in [5.41, 5.74) is 3.21. The van der Waals surface area contributed by atoms with Gasteiger partial charge in [-0.3, -0.25) is 4.68 Å². The molecule has 3 N–H and O–H groups in total. The first-order chi connectivity index (χ1) is 6.73. The Bertz CT molecular complexity index is 391. The van der Waals surface area contributed by atoms with E-state index in [0.29, 0.717) is 4.68 Å². The Hall–Kier alpha value is -1.44. The van der Waals surface area contributed by atoms with Crippen molar-refractivity contribution in [1.29, 1.82) is 0 Å². The highest BCUT2D eigenvalue weighted by Gasteiger charge is 2.37. The quantitative estimate of drug-likeness (QED) is 0.844. The first-order valence-corrected chi connectivity index (χ1v) is 3.88. The highest BCUT2D eigenvalue weighted by atomic mass is 35.5. The zero-order valence-corrected chi connectivity index (χ0v) is 8.84.